The first-order valence-electron chi connectivity index (χ1n) is 11.1. The Kier molecular flexibility index (Phi) is 6.38. The van der Waals surface area contributed by atoms with Crippen LogP contribution in [0.15, 0.2) is 27.6 Å². The van der Waals surface area contributed by atoms with Gasteiger partial charge in [-0.1, -0.05) is 12.8 Å². The molecule has 2 heterocycles. The van der Waals surface area contributed by atoms with E-state index in [1.807, 2.05) is 6.92 Å². The summed E-state index contributed by atoms with van der Waals surface area (Å²) in [4.78, 5) is 7.43. The number of nitrogens with one attached hydrogen (secondary N) is 2. The van der Waals surface area contributed by atoms with E-state index in [0.29, 0.717) is 18.2 Å². The zero-order valence-corrected chi connectivity index (χ0v) is 17.6. The Bertz CT molecular complexity index is 848. The summed E-state index contributed by atoms with van der Waals surface area (Å²) < 4.78 is 19.4. The number of nitrogens with zero attached hydrogens (tertiary/aromatic N) is 2. The highest BCUT2D eigenvalue weighted by Gasteiger charge is 2.27. The van der Waals surface area contributed by atoms with Gasteiger partial charge in [0.2, 0.25) is 0 Å². The molecule has 1 saturated heterocycles. The SMILES string of the molecule is CCNC(=NCc1oc2ccc(F)cc2c1C)NC1CCN(C2CCCC2)CC1. The summed E-state index contributed by atoms with van der Waals surface area (Å²) in [6, 6.07) is 5.92. The van der Waals surface area contributed by atoms with Crippen LogP contribution in [0.1, 0.15) is 56.8 Å². The molecular weight excluding hydrogens is 367 g/mol. The average Bonchev–Trinajstić information content (AvgIpc) is 3.36. The zero-order chi connectivity index (χ0) is 20.2. The van der Waals surface area contributed by atoms with Crippen molar-refractivity contribution in [3.63, 3.8) is 0 Å². The van der Waals surface area contributed by atoms with Crippen LogP contribution in [0.4, 0.5) is 4.39 Å². The minimum atomic E-state index is -0.240. The first-order valence-corrected chi connectivity index (χ1v) is 11.1. The second-order valence-corrected chi connectivity index (χ2v) is 8.38. The van der Waals surface area contributed by atoms with Crippen LogP contribution in [0.25, 0.3) is 11.0 Å². The third-order valence-corrected chi connectivity index (χ3v) is 6.43. The van der Waals surface area contributed by atoms with Gasteiger partial charge >= 0.3 is 0 Å². The third-order valence-electron chi connectivity index (χ3n) is 6.43. The fraction of sp³-hybridized carbons (Fsp3) is 0.609. The minimum absolute atomic E-state index is 0.240. The van der Waals surface area contributed by atoms with Crippen LogP contribution in [0.2, 0.25) is 0 Å². The van der Waals surface area contributed by atoms with Gasteiger partial charge in [0, 0.05) is 42.7 Å². The lowest BCUT2D eigenvalue weighted by atomic mass is 10.0. The molecule has 0 amide bonds. The number of aliphatic imine (C=N–C) groups is 1. The summed E-state index contributed by atoms with van der Waals surface area (Å²) in [5.74, 6) is 1.38. The van der Waals surface area contributed by atoms with E-state index < -0.39 is 0 Å². The van der Waals surface area contributed by atoms with E-state index >= 15 is 0 Å². The smallest absolute Gasteiger partial charge is 0.191 e. The third kappa shape index (κ3) is 4.74. The van der Waals surface area contributed by atoms with E-state index in [-0.39, 0.29) is 5.82 Å². The van der Waals surface area contributed by atoms with Gasteiger partial charge in [-0.15, -0.1) is 0 Å². The molecule has 5 nitrogen and oxygen atoms in total. The fourth-order valence-electron chi connectivity index (χ4n) is 4.74. The van der Waals surface area contributed by atoms with Crippen molar-refractivity contribution in [1.82, 2.24) is 15.5 Å². The number of rotatable bonds is 5. The molecule has 1 aromatic carbocycles. The summed E-state index contributed by atoms with van der Waals surface area (Å²) in [7, 11) is 0. The quantitative estimate of drug-likeness (QED) is 0.579. The van der Waals surface area contributed by atoms with Crippen molar-refractivity contribution in [2.75, 3.05) is 19.6 Å². The predicted molar refractivity (Wildman–Crippen MR) is 116 cm³/mol. The topological polar surface area (TPSA) is 52.8 Å². The number of aryl methyl sites for hydroxylation is 1. The Labute approximate surface area is 172 Å². The van der Waals surface area contributed by atoms with Crippen molar-refractivity contribution in [3.05, 3.63) is 35.3 Å². The number of halogens is 1. The molecule has 0 unspecified atom stereocenters. The molecule has 0 spiro atoms. The number of hydrogen-bond donors (Lipinski definition) is 2. The molecule has 0 radical (unpaired) electrons. The van der Waals surface area contributed by atoms with Crippen LogP contribution in [0.3, 0.4) is 0 Å². The summed E-state index contributed by atoms with van der Waals surface area (Å²) in [6.45, 7) is 7.66. The van der Waals surface area contributed by atoms with E-state index in [4.69, 9.17) is 9.41 Å². The van der Waals surface area contributed by atoms with Crippen LogP contribution in [-0.4, -0.2) is 42.6 Å². The standard InChI is InChI=1S/C23H33FN4O/c1-3-25-23(27-18-10-12-28(13-11-18)19-6-4-5-7-19)26-15-22-16(2)20-14-17(24)8-9-21(20)29-22/h8-9,14,18-19H,3-7,10-13,15H2,1-2H3,(H2,25,26,27). The highest BCUT2D eigenvalue weighted by molar-refractivity contribution is 5.82. The number of benzene rings is 1. The summed E-state index contributed by atoms with van der Waals surface area (Å²) in [5.41, 5.74) is 1.68. The Hall–Kier alpha value is -2.08. The molecule has 1 saturated carbocycles. The number of guanidine groups is 1. The second kappa shape index (κ2) is 9.16. The monoisotopic (exact) mass is 400 g/mol. The Morgan fingerprint density at radius 2 is 1.97 bits per heavy atom. The van der Waals surface area contributed by atoms with Gasteiger partial charge in [-0.25, -0.2) is 9.38 Å². The molecular formula is C23H33FN4O. The van der Waals surface area contributed by atoms with E-state index in [9.17, 15) is 4.39 Å². The number of furan rings is 1. The lowest BCUT2D eigenvalue weighted by Gasteiger charge is -2.36. The summed E-state index contributed by atoms with van der Waals surface area (Å²) >= 11 is 0. The molecule has 1 aromatic heterocycles. The molecule has 29 heavy (non-hydrogen) atoms. The maximum absolute atomic E-state index is 13.5. The lowest BCUT2D eigenvalue weighted by Crippen LogP contribution is -2.50. The van der Waals surface area contributed by atoms with Gasteiger partial charge in [0.25, 0.3) is 0 Å². The number of likely N-dealkylation sites (tertiary alicyclic amines) is 1. The summed E-state index contributed by atoms with van der Waals surface area (Å²) in [5, 5.41) is 7.79. The van der Waals surface area contributed by atoms with Gasteiger partial charge in [0.1, 0.15) is 23.7 Å². The van der Waals surface area contributed by atoms with Gasteiger partial charge in [0.05, 0.1) is 0 Å². The van der Waals surface area contributed by atoms with Crippen LogP contribution < -0.4 is 10.6 Å². The van der Waals surface area contributed by atoms with Gasteiger partial charge in [-0.2, -0.15) is 0 Å². The molecule has 4 rings (SSSR count). The highest BCUT2D eigenvalue weighted by atomic mass is 19.1. The normalized spacial score (nSPS) is 19.9. The van der Waals surface area contributed by atoms with Crippen molar-refractivity contribution in [3.8, 4) is 0 Å². The maximum atomic E-state index is 13.5. The number of piperidine rings is 1. The van der Waals surface area contributed by atoms with Crippen molar-refractivity contribution in [2.24, 2.45) is 4.99 Å². The summed E-state index contributed by atoms with van der Waals surface area (Å²) in [6.07, 6.45) is 7.86. The van der Waals surface area contributed by atoms with E-state index in [2.05, 4.69) is 22.5 Å². The molecule has 1 aliphatic heterocycles. The van der Waals surface area contributed by atoms with Crippen LogP contribution in [0, 0.1) is 12.7 Å². The molecule has 0 atom stereocenters. The van der Waals surface area contributed by atoms with Crippen LogP contribution >= 0.6 is 0 Å². The predicted octanol–water partition coefficient (Wildman–Crippen LogP) is 4.34. The van der Waals surface area contributed by atoms with Crippen molar-refractivity contribution >= 4 is 16.9 Å². The van der Waals surface area contributed by atoms with Crippen LogP contribution in [0.5, 0.6) is 0 Å². The molecule has 2 fully saturated rings. The van der Waals surface area contributed by atoms with Crippen LogP contribution in [-0.2, 0) is 6.54 Å². The molecule has 158 valence electrons. The Balaban J connectivity index is 1.37. The second-order valence-electron chi connectivity index (χ2n) is 8.38. The van der Waals surface area contributed by atoms with E-state index in [1.54, 1.807) is 6.07 Å². The van der Waals surface area contributed by atoms with Gasteiger partial charge in [-0.3, -0.25) is 0 Å². The average molecular weight is 401 g/mol. The maximum Gasteiger partial charge on any atom is 0.191 e. The molecule has 2 aliphatic rings. The van der Waals surface area contributed by atoms with Crippen molar-refractivity contribution < 1.29 is 8.81 Å². The minimum Gasteiger partial charge on any atom is -0.459 e. The fourth-order valence-corrected chi connectivity index (χ4v) is 4.74. The molecule has 1 aliphatic carbocycles. The van der Waals surface area contributed by atoms with E-state index in [0.717, 1.165) is 48.1 Å². The molecule has 0 bridgehead atoms. The Morgan fingerprint density at radius 1 is 1.21 bits per heavy atom. The largest absolute Gasteiger partial charge is 0.459 e. The molecule has 2 N–H and O–H groups in total. The van der Waals surface area contributed by atoms with Crippen molar-refractivity contribution in [2.45, 2.75) is 71.0 Å². The molecule has 6 heteroatoms. The first-order chi connectivity index (χ1) is 14.1. The number of fused-ring (bicyclic) bond motifs is 1. The highest BCUT2D eigenvalue weighted by Crippen LogP contribution is 2.27. The Morgan fingerprint density at radius 3 is 2.69 bits per heavy atom. The lowest BCUT2D eigenvalue weighted by molar-refractivity contribution is 0.150. The van der Waals surface area contributed by atoms with Gasteiger partial charge < -0.3 is 20.0 Å². The zero-order valence-electron chi connectivity index (χ0n) is 17.6. The molecule has 2 aromatic rings. The number of hydrogen-bond acceptors (Lipinski definition) is 3. The van der Waals surface area contributed by atoms with Crippen molar-refractivity contribution in [1.29, 1.82) is 0 Å². The van der Waals surface area contributed by atoms with Gasteiger partial charge in [0.15, 0.2) is 5.96 Å². The van der Waals surface area contributed by atoms with Gasteiger partial charge in [-0.05, 0) is 57.7 Å². The first kappa shape index (κ1) is 20.2. The van der Waals surface area contributed by atoms with E-state index in [1.165, 1.54) is 50.9 Å².